The lowest BCUT2D eigenvalue weighted by Crippen LogP contribution is -2.39. The molecule has 1 N–H and O–H groups in total. The molecule has 1 rings (SSSR count). The third-order valence-corrected chi connectivity index (χ3v) is 2.91. The smallest absolute Gasteiger partial charge is 0.327 e. The fourth-order valence-corrected chi connectivity index (χ4v) is 2.17. The highest BCUT2D eigenvalue weighted by Crippen LogP contribution is 2.27. The second kappa shape index (κ2) is 3.13. The van der Waals surface area contributed by atoms with Gasteiger partial charge < -0.3 is 10.0 Å². The van der Waals surface area contributed by atoms with Crippen molar-refractivity contribution in [1.82, 2.24) is 4.90 Å². The lowest BCUT2D eigenvalue weighted by Gasteiger charge is -2.16. The summed E-state index contributed by atoms with van der Waals surface area (Å²) in [5, 5.41) is 8.67. The highest BCUT2D eigenvalue weighted by atomic mass is 32.2. The van der Waals surface area contributed by atoms with E-state index in [1.165, 1.54) is 16.7 Å². The largest absolute Gasteiger partial charge is 0.480 e. The quantitative estimate of drug-likeness (QED) is 0.600. The van der Waals surface area contributed by atoms with E-state index in [1.807, 2.05) is 6.92 Å². The van der Waals surface area contributed by atoms with Crippen LogP contribution in [-0.4, -0.2) is 39.6 Å². The van der Waals surface area contributed by atoms with Crippen LogP contribution in [0.1, 0.15) is 6.92 Å². The minimum Gasteiger partial charge on any atom is -0.480 e. The molecule has 4 nitrogen and oxygen atoms in total. The molecule has 0 aromatic carbocycles. The number of carboxylic acid groups (broad SMARTS) is 1. The van der Waals surface area contributed by atoms with Crippen LogP contribution in [0, 0.1) is 0 Å². The monoisotopic (exact) mass is 175 g/mol. The first-order valence-electron chi connectivity index (χ1n) is 3.22. The van der Waals surface area contributed by atoms with Crippen molar-refractivity contribution in [3.63, 3.8) is 0 Å². The minimum atomic E-state index is -0.922. The van der Waals surface area contributed by atoms with Crippen LogP contribution in [0.3, 0.4) is 0 Å². The summed E-state index contributed by atoms with van der Waals surface area (Å²) in [5.41, 5.74) is 0. The first kappa shape index (κ1) is 8.39. The van der Waals surface area contributed by atoms with Gasteiger partial charge in [-0.2, -0.15) is 0 Å². The zero-order chi connectivity index (χ0) is 8.43. The number of amides is 1. The molecule has 62 valence electrons. The third-order valence-electron chi connectivity index (χ3n) is 1.68. The normalized spacial score (nSPS) is 30.5. The SMILES string of the molecule is CC1SCN(C=O)C1C(=O)O. The van der Waals surface area contributed by atoms with Crippen molar-refractivity contribution >= 4 is 24.1 Å². The summed E-state index contributed by atoms with van der Waals surface area (Å²) >= 11 is 1.48. The topological polar surface area (TPSA) is 57.6 Å². The highest BCUT2D eigenvalue weighted by molar-refractivity contribution is 8.00. The van der Waals surface area contributed by atoms with Crippen LogP contribution in [0.15, 0.2) is 0 Å². The highest BCUT2D eigenvalue weighted by Gasteiger charge is 2.36. The van der Waals surface area contributed by atoms with Crippen molar-refractivity contribution in [2.24, 2.45) is 0 Å². The van der Waals surface area contributed by atoms with Crippen molar-refractivity contribution < 1.29 is 14.7 Å². The van der Waals surface area contributed by atoms with E-state index in [0.29, 0.717) is 12.3 Å². The molecule has 0 spiro atoms. The minimum absolute atomic E-state index is 0.00213. The lowest BCUT2D eigenvalue weighted by molar-refractivity contribution is -0.145. The molecule has 0 aliphatic carbocycles. The van der Waals surface area contributed by atoms with Gasteiger partial charge in [0.15, 0.2) is 0 Å². The number of carboxylic acids is 1. The third kappa shape index (κ3) is 1.48. The molecule has 1 aliphatic heterocycles. The van der Waals surface area contributed by atoms with Crippen molar-refractivity contribution in [2.75, 3.05) is 5.88 Å². The number of rotatable bonds is 2. The molecule has 1 saturated heterocycles. The van der Waals surface area contributed by atoms with Crippen LogP contribution >= 0.6 is 11.8 Å². The fourth-order valence-electron chi connectivity index (χ4n) is 1.08. The van der Waals surface area contributed by atoms with Crippen molar-refractivity contribution in [3.05, 3.63) is 0 Å². The van der Waals surface area contributed by atoms with Crippen LogP contribution in [0.25, 0.3) is 0 Å². The summed E-state index contributed by atoms with van der Waals surface area (Å²) in [6.45, 7) is 1.81. The predicted octanol–water partition coefficient (Wildman–Crippen LogP) is -0.00920. The van der Waals surface area contributed by atoms with Gasteiger partial charge in [-0.25, -0.2) is 4.79 Å². The summed E-state index contributed by atoms with van der Waals surface area (Å²) < 4.78 is 0. The van der Waals surface area contributed by atoms with Gasteiger partial charge in [-0.1, -0.05) is 6.92 Å². The van der Waals surface area contributed by atoms with E-state index in [-0.39, 0.29) is 5.25 Å². The molecule has 0 saturated carbocycles. The van der Waals surface area contributed by atoms with Gasteiger partial charge in [-0.15, -0.1) is 11.8 Å². The zero-order valence-corrected chi connectivity index (χ0v) is 6.87. The van der Waals surface area contributed by atoms with Crippen LogP contribution < -0.4 is 0 Å². The summed E-state index contributed by atoms with van der Waals surface area (Å²) in [6, 6.07) is -0.641. The molecule has 2 unspecified atom stereocenters. The lowest BCUT2D eigenvalue weighted by atomic mass is 10.2. The number of carbonyl (C=O) groups excluding carboxylic acids is 1. The van der Waals surface area contributed by atoms with E-state index >= 15 is 0 Å². The van der Waals surface area contributed by atoms with Crippen LogP contribution in [-0.2, 0) is 9.59 Å². The second-order valence-corrected chi connectivity index (χ2v) is 3.74. The summed E-state index contributed by atoms with van der Waals surface area (Å²) in [6.07, 6.45) is 0.593. The Labute approximate surface area is 68.6 Å². The Hall–Kier alpha value is -0.710. The van der Waals surface area contributed by atoms with E-state index in [9.17, 15) is 9.59 Å². The first-order valence-corrected chi connectivity index (χ1v) is 4.27. The molecule has 0 radical (unpaired) electrons. The predicted molar refractivity (Wildman–Crippen MR) is 41.2 cm³/mol. The number of thioether (sulfide) groups is 1. The van der Waals surface area contributed by atoms with Gasteiger partial charge in [0.05, 0.1) is 5.88 Å². The van der Waals surface area contributed by atoms with Gasteiger partial charge >= 0.3 is 5.97 Å². The molecule has 2 atom stereocenters. The molecular weight excluding hydrogens is 166 g/mol. The van der Waals surface area contributed by atoms with Crippen LogP contribution in [0.2, 0.25) is 0 Å². The van der Waals surface area contributed by atoms with Gasteiger partial charge in [0.2, 0.25) is 6.41 Å². The van der Waals surface area contributed by atoms with E-state index in [0.717, 1.165) is 0 Å². The molecule has 11 heavy (non-hydrogen) atoms. The number of aliphatic carboxylic acids is 1. The fraction of sp³-hybridized carbons (Fsp3) is 0.667. The second-order valence-electron chi connectivity index (χ2n) is 2.40. The van der Waals surface area contributed by atoms with Crippen molar-refractivity contribution in [2.45, 2.75) is 18.2 Å². The number of hydrogen-bond acceptors (Lipinski definition) is 3. The Morgan fingerprint density at radius 2 is 2.45 bits per heavy atom. The van der Waals surface area contributed by atoms with E-state index in [1.54, 1.807) is 0 Å². The molecule has 0 bridgehead atoms. The number of carbonyl (C=O) groups is 2. The maximum atomic E-state index is 10.6. The average molecular weight is 175 g/mol. The number of nitrogens with zero attached hydrogens (tertiary/aromatic N) is 1. The molecule has 5 heteroatoms. The Balaban J connectivity index is 2.70. The Bertz CT molecular complexity index is 185. The molecule has 1 heterocycles. The number of hydrogen-bond donors (Lipinski definition) is 1. The molecule has 0 aromatic rings. The maximum absolute atomic E-state index is 10.6. The van der Waals surface area contributed by atoms with Crippen LogP contribution in [0.4, 0.5) is 0 Å². The molecule has 1 fully saturated rings. The molecule has 0 aromatic heterocycles. The molecular formula is C6H9NO3S. The van der Waals surface area contributed by atoms with Gasteiger partial charge in [0.25, 0.3) is 0 Å². The standard InChI is InChI=1S/C6H9NO3S/c1-4-5(6(9)10)7(2-8)3-11-4/h2,4-5H,3H2,1H3,(H,9,10). The maximum Gasteiger partial charge on any atom is 0.327 e. The molecule has 1 aliphatic rings. The van der Waals surface area contributed by atoms with Crippen molar-refractivity contribution in [3.8, 4) is 0 Å². The molecule has 1 amide bonds. The summed E-state index contributed by atoms with van der Waals surface area (Å²) in [5.74, 6) is -0.434. The summed E-state index contributed by atoms with van der Waals surface area (Å²) in [7, 11) is 0. The summed E-state index contributed by atoms with van der Waals surface area (Å²) in [4.78, 5) is 22.2. The van der Waals surface area contributed by atoms with Gasteiger partial charge in [-0.3, -0.25) is 4.79 Å². The van der Waals surface area contributed by atoms with Gasteiger partial charge in [0, 0.05) is 5.25 Å². The average Bonchev–Trinajstić information content (AvgIpc) is 2.30. The first-order chi connectivity index (χ1) is 5.16. The van der Waals surface area contributed by atoms with E-state index in [4.69, 9.17) is 5.11 Å². The van der Waals surface area contributed by atoms with E-state index in [2.05, 4.69) is 0 Å². The zero-order valence-electron chi connectivity index (χ0n) is 6.06. The van der Waals surface area contributed by atoms with E-state index < -0.39 is 12.0 Å². The Kier molecular flexibility index (Phi) is 2.38. The van der Waals surface area contributed by atoms with Gasteiger partial charge in [0.1, 0.15) is 6.04 Å². The van der Waals surface area contributed by atoms with Gasteiger partial charge in [-0.05, 0) is 0 Å². The van der Waals surface area contributed by atoms with Crippen molar-refractivity contribution in [1.29, 1.82) is 0 Å². The Morgan fingerprint density at radius 3 is 2.82 bits per heavy atom. The Morgan fingerprint density at radius 1 is 1.82 bits per heavy atom. The van der Waals surface area contributed by atoms with Crippen LogP contribution in [0.5, 0.6) is 0 Å².